The Hall–Kier alpha value is -2.30. The Kier molecular flexibility index (Phi) is 4.98. The third kappa shape index (κ3) is 3.62. The van der Waals surface area contributed by atoms with E-state index < -0.39 is 0 Å². The summed E-state index contributed by atoms with van der Waals surface area (Å²) in [5.41, 5.74) is 1.56. The molecule has 0 aliphatic heterocycles. The van der Waals surface area contributed by atoms with Crippen LogP contribution in [0.3, 0.4) is 0 Å². The molecule has 1 heterocycles. The summed E-state index contributed by atoms with van der Waals surface area (Å²) in [6, 6.07) is 9.70. The Balaban J connectivity index is 2.23. The average Bonchev–Trinajstić information content (AvgIpc) is 2.82. The lowest BCUT2D eigenvalue weighted by atomic mass is 10.2. The quantitative estimate of drug-likeness (QED) is 0.655. The Morgan fingerprint density at radius 1 is 1.29 bits per heavy atom. The fraction of sp³-hybridized carbons (Fsp3) is 0.375. The van der Waals surface area contributed by atoms with Gasteiger partial charge < -0.3 is 14.6 Å². The van der Waals surface area contributed by atoms with Gasteiger partial charge in [-0.05, 0) is 25.5 Å². The van der Waals surface area contributed by atoms with Gasteiger partial charge in [-0.1, -0.05) is 18.2 Å². The molecule has 112 valence electrons. The van der Waals surface area contributed by atoms with E-state index in [1.54, 1.807) is 6.92 Å². The Bertz CT molecular complexity index is 646. The lowest BCUT2D eigenvalue weighted by Gasteiger charge is -2.10. The standard InChI is InChI=1S/C16H20N2O3/c1-3-21-16(20)15-11-13-7-4-5-8-14(13)18(15)10-6-9-17-12(2)19/h4-5,7-8,11H,3,6,9-10H2,1-2H3,(H,17,19). The molecule has 2 aromatic rings. The number of esters is 1. The lowest BCUT2D eigenvalue weighted by molar-refractivity contribution is -0.118. The number of carbonyl (C=O) groups is 2. The number of fused-ring (bicyclic) bond motifs is 1. The van der Waals surface area contributed by atoms with E-state index in [1.165, 1.54) is 6.92 Å². The lowest BCUT2D eigenvalue weighted by Crippen LogP contribution is -2.22. The number of para-hydroxylation sites is 1. The van der Waals surface area contributed by atoms with Gasteiger partial charge in [0, 0.05) is 30.9 Å². The monoisotopic (exact) mass is 288 g/mol. The number of aryl methyl sites for hydroxylation is 1. The SMILES string of the molecule is CCOC(=O)c1cc2ccccc2n1CCCNC(C)=O. The molecule has 1 aromatic carbocycles. The van der Waals surface area contributed by atoms with Gasteiger partial charge >= 0.3 is 5.97 Å². The van der Waals surface area contributed by atoms with Crippen molar-refractivity contribution in [3.05, 3.63) is 36.0 Å². The summed E-state index contributed by atoms with van der Waals surface area (Å²) < 4.78 is 7.07. The molecule has 0 radical (unpaired) electrons. The summed E-state index contributed by atoms with van der Waals surface area (Å²) >= 11 is 0. The van der Waals surface area contributed by atoms with Gasteiger partial charge in [0.05, 0.1) is 6.61 Å². The predicted molar refractivity (Wildman–Crippen MR) is 81.2 cm³/mol. The van der Waals surface area contributed by atoms with Crippen LogP contribution in [0.5, 0.6) is 0 Å². The topological polar surface area (TPSA) is 60.3 Å². The van der Waals surface area contributed by atoms with Gasteiger partial charge in [0.2, 0.25) is 5.91 Å². The second kappa shape index (κ2) is 6.92. The minimum Gasteiger partial charge on any atom is -0.461 e. The number of aromatic nitrogens is 1. The van der Waals surface area contributed by atoms with Crippen LogP contribution in [0.2, 0.25) is 0 Å². The van der Waals surface area contributed by atoms with Gasteiger partial charge in [0.15, 0.2) is 0 Å². The van der Waals surface area contributed by atoms with E-state index in [2.05, 4.69) is 5.32 Å². The van der Waals surface area contributed by atoms with Gasteiger partial charge in [0.1, 0.15) is 5.69 Å². The van der Waals surface area contributed by atoms with Crippen molar-refractivity contribution in [2.45, 2.75) is 26.8 Å². The second-order valence-corrected chi connectivity index (χ2v) is 4.80. The molecular weight excluding hydrogens is 268 g/mol. The smallest absolute Gasteiger partial charge is 0.354 e. The van der Waals surface area contributed by atoms with Crippen molar-refractivity contribution in [2.75, 3.05) is 13.2 Å². The van der Waals surface area contributed by atoms with E-state index >= 15 is 0 Å². The zero-order chi connectivity index (χ0) is 15.2. The van der Waals surface area contributed by atoms with Crippen LogP contribution in [-0.2, 0) is 16.1 Å². The number of amides is 1. The normalized spacial score (nSPS) is 10.6. The van der Waals surface area contributed by atoms with Crippen LogP contribution in [0.4, 0.5) is 0 Å². The molecule has 2 rings (SSSR count). The summed E-state index contributed by atoms with van der Waals surface area (Å²) in [6.07, 6.45) is 0.755. The number of carbonyl (C=O) groups excluding carboxylic acids is 2. The van der Waals surface area contributed by atoms with Crippen molar-refractivity contribution in [3.8, 4) is 0 Å². The molecule has 5 heteroatoms. The van der Waals surface area contributed by atoms with Crippen LogP contribution in [0.15, 0.2) is 30.3 Å². The largest absolute Gasteiger partial charge is 0.461 e. The first-order chi connectivity index (χ1) is 10.1. The van der Waals surface area contributed by atoms with E-state index in [1.807, 2.05) is 34.9 Å². The molecule has 5 nitrogen and oxygen atoms in total. The first kappa shape index (κ1) is 15.1. The molecule has 0 unspecified atom stereocenters. The Morgan fingerprint density at radius 3 is 2.76 bits per heavy atom. The molecule has 1 N–H and O–H groups in total. The van der Waals surface area contributed by atoms with Gasteiger partial charge in [0.25, 0.3) is 0 Å². The summed E-state index contributed by atoms with van der Waals surface area (Å²) in [7, 11) is 0. The fourth-order valence-electron chi connectivity index (χ4n) is 2.33. The molecule has 1 amide bonds. The van der Waals surface area contributed by atoms with E-state index in [0.29, 0.717) is 25.4 Å². The number of benzene rings is 1. The minimum atomic E-state index is -0.312. The van der Waals surface area contributed by atoms with E-state index in [-0.39, 0.29) is 11.9 Å². The molecule has 0 aliphatic rings. The van der Waals surface area contributed by atoms with Gasteiger partial charge in [-0.3, -0.25) is 4.79 Å². The van der Waals surface area contributed by atoms with Crippen LogP contribution in [0.25, 0.3) is 10.9 Å². The highest BCUT2D eigenvalue weighted by Crippen LogP contribution is 2.21. The number of nitrogens with zero attached hydrogens (tertiary/aromatic N) is 1. The summed E-state index contributed by atoms with van der Waals surface area (Å²) in [5.74, 6) is -0.355. The second-order valence-electron chi connectivity index (χ2n) is 4.80. The number of rotatable bonds is 6. The van der Waals surface area contributed by atoms with Crippen LogP contribution < -0.4 is 5.32 Å². The van der Waals surface area contributed by atoms with Crippen molar-refractivity contribution in [2.24, 2.45) is 0 Å². The first-order valence-corrected chi connectivity index (χ1v) is 7.13. The Labute approximate surface area is 123 Å². The molecular formula is C16H20N2O3. The molecule has 0 bridgehead atoms. The summed E-state index contributed by atoms with van der Waals surface area (Å²) in [5, 5.41) is 3.78. The molecule has 0 aliphatic carbocycles. The van der Waals surface area contributed by atoms with Crippen LogP contribution in [-0.4, -0.2) is 29.6 Å². The highest BCUT2D eigenvalue weighted by molar-refractivity contribution is 5.95. The Morgan fingerprint density at radius 2 is 2.05 bits per heavy atom. The van der Waals surface area contributed by atoms with Gasteiger partial charge in [-0.25, -0.2) is 4.79 Å². The maximum absolute atomic E-state index is 12.1. The van der Waals surface area contributed by atoms with Crippen LogP contribution in [0, 0.1) is 0 Å². The maximum Gasteiger partial charge on any atom is 0.354 e. The van der Waals surface area contributed by atoms with Crippen molar-refractivity contribution < 1.29 is 14.3 Å². The molecule has 0 saturated carbocycles. The number of hydrogen-bond acceptors (Lipinski definition) is 3. The third-order valence-electron chi connectivity index (χ3n) is 3.23. The number of ether oxygens (including phenoxy) is 1. The van der Waals surface area contributed by atoms with Crippen molar-refractivity contribution >= 4 is 22.8 Å². The average molecular weight is 288 g/mol. The van der Waals surface area contributed by atoms with Crippen molar-refractivity contribution in [1.29, 1.82) is 0 Å². The first-order valence-electron chi connectivity index (χ1n) is 7.13. The highest BCUT2D eigenvalue weighted by Gasteiger charge is 2.15. The van der Waals surface area contributed by atoms with Gasteiger partial charge in [-0.15, -0.1) is 0 Å². The molecule has 0 spiro atoms. The van der Waals surface area contributed by atoms with E-state index in [4.69, 9.17) is 4.74 Å². The van der Waals surface area contributed by atoms with E-state index in [9.17, 15) is 9.59 Å². The minimum absolute atomic E-state index is 0.0435. The van der Waals surface area contributed by atoms with Crippen molar-refractivity contribution in [3.63, 3.8) is 0 Å². The maximum atomic E-state index is 12.1. The number of hydrogen-bond donors (Lipinski definition) is 1. The fourth-order valence-corrected chi connectivity index (χ4v) is 2.33. The van der Waals surface area contributed by atoms with E-state index in [0.717, 1.165) is 17.3 Å². The number of nitrogens with one attached hydrogen (secondary N) is 1. The molecule has 21 heavy (non-hydrogen) atoms. The molecule has 0 atom stereocenters. The van der Waals surface area contributed by atoms with Crippen LogP contribution in [0.1, 0.15) is 30.8 Å². The summed E-state index contributed by atoms with van der Waals surface area (Å²) in [4.78, 5) is 22.9. The molecule has 1 aromatic heterocycles. The predicted octanol–water partition coefficient (Wildman–Crippen LogP) is 2.34. The zero-order valence-electron chi connectivity index (χ0n) is 12.4. The molecule has 0 saturated heterocycles. The van der Waals surface area contributed by atoms with Crippen LogP contribution >= 0.6 is 0 Å². The van der Waals surface area contributed by atoms with Gasteiger partial charge in [-0.2, -0.15) is 0 Å². The third-order valence-corrected chi connectivity index (χ3v) is 3.23. The van der Waals surface area contributed by atoms with Crippen molar-refractivity contribution in [1.82, 2.24) is 9.88 Å². The zero-order valence-corrected chi connectivity index (χ0v) is 12.4. The summed E-state index contributed by atoms with van der Waals surface area (Å²) in [6.45, 7) is 4.88. The molecule has 0 fully saturated rings. The highest BCUT2D eigenvalue weighted by atomic mass is 16.5.